The van der Waals surface area contributed by atoms with Crippen molar-refractivity contribution in [1.82, 2.24) is 19.4 Å². The largest absolute Gasteiger partial charge is 0.376 e. The number of carbonyl (C=O) groups excluding carboxylic acids is 1. The van der Waals surface area contributed by atoms with Crippen LogP contribution in [0.1, 0.15) is 29.8 Å². The lowest BCUT2D eigenvalue weighted by Crippen LogP contribution is -2.41. The van der Waals surface area contributed by atoms with Crippen LogP contribution in [0.4, 0.5) is 0 Å². The molecule has 1 fully saturated rings. The normalized spacial score (nSPS) is 16.6. The molecule has 3 heterocycles. The summed E-state index contributed by atoms with van der Waals surface area (Å²) in [5.74, 6) is -0.117. The first-order chi connectivity index (χ1) is 12.5. The minimum Gasteiger partial charge on any atom is -0.376 e. The molecule has 2 aromatic rings. The fraction of sp³-hybridized carbons (Fsp3) is 0.474. The predicted octanol–water partition coefficient (Wildman–Crippen LogP) is 1.46. The Bertz CT molecular complexity index is 813. The highest BCUT2D eigenvalue weighted by Gasteiger charge is 2.23. The molecule has 1 atom stereocenters. The van der Waals surface area contributed by atoms with Crippen molar-refractivity contribution in [2.75, 3.05) is 13.2 Å². The Morgan fingerprint density at radius 1 is 1.35 bits per heavy atom. The first-order valence-corrected chi connectivity index (χ1v) is 8.86. The second kappa shape index (κ2) is 8.23. The van der Waals surface area contributed by atoms with Crippen molar-refractivity contribution in [3.8, 4) is 0 Å². The molecular formula is C19H24N4O3. The van der Waals surface area contributed by atoms with Crippen LogP contribution in [0.15, 0.2) is 35.4 Å². The van der Waals surface area contributed by atoms with E-state index in [4.69, 9.17) is 4.74 Å². The average Bonchev–Trinajstić information content (AvgIpc) is 3.11. The molecule has 138 valence electrons. The molecule has 1 aliphatic rings. The Kier molecular flexibility index (Phi) is 5.78. The van der Waals surface area contributed by atoms with Gasteiger partial charge in [0.1, 0.15) is 6.54 Å². The van der Waals surface area contributed by atoms with E-state index in [0.717, 1.165) is 30.7 Å². The van der Waals surface area contributed by atoms with Gasteiger partial charge in [-0.1, -0.05) is 0 Å². The molecule has 2 aromatic heterocycles. The van der Waals surface area contributed by atoms with E-state index in [-0.39, 0.29) is 18.6 Å². The quantitative estimate of drug-likeness (QED) is 0.783. The van der Waals surface area contributed by atoms with E-state index in [1.807, 2.05) is 25.1 Å². The second-order valence-corrected chi connectivity index (χ2v) is 6.67. The van der Waals surface area contributed by atoms with E-state index in [2.05, 4.69) is 9.97 Å². The van der Waals surface area contributed by atoms with Crippen LogP contribution in [-0.4, -0.2) is 44.6 Å². The highest BCUT2D eigenvalue weighted by molar-refractivity contribution is 5.76. The Morgan fingerprint density at radius 3 is 2.77 bits per heavy atom. The van der Waals surface area contributed by atoms with Crippen molar-refractivity contribution in [2.24, 2.45) is 0 Å². The third kappa shape index (κ3) is 4.54. The van der Waals surface area contributed by atoms with Gasteiger partial charge in [0.2, 0.25) is 5.91 Å². The van der Waals surface area contributed by atoms with Crippen LogP contribution in [0.25, 0.3) is 0 Å². The number of hydrogen-bond donors (Lipinski definition) is 0. The van der Waals surface area contributed by atoms with Gasteiger partial charge in [-0.05, 0) is 50.5 Å². The lowest BCUT2D eigenvalue weighted by atomic mass is 10.2. The summed E-state index contributed by atoms with van der Waals surface area (Å²) >= 11 is 0. The number of aryl methyl sites for hydroxylation is 2. The predicted molar refractivity (Wildman–Crippen MR) is 96.6 cm³/mol. The maximum Gasteiger partial charge on any atom is 0.348 e. The van der Waals surface area contributed by atoms with Crippen LogP contribution >= 0.6 is 0 Å². The van der Waals surface area contributed by atoms with Crippen LogP contribution in [0.3, 0.4) is 0 Å². The van der Waals surface area contributed by atoms with E-state index in [9.17, 15) is 9.59 Å². The molecule has 0 unspecified atom stereocenters. The standard InChI is InChI=1S/C19H24N4O3/c1-14-10-15(2)23(19(25)21-14)13-18(24)22(12-17-4-3-9-26-17)11-16-5-7-20-8-6-16/h5-8,10,17H,3-4,9,11-13H2,1-2H3/t17-/m0/s1. The summed E-state index contributed by atoms with van der Waals surface area (Å²) in [4.78, 5) is 34.8. The molecule has 1 saturated heterocycles. The van der Waals surface area contributed by atoms with Crippen molar-refractivity contribution < 1.29 is 9.53 Å². The van der Waals surface area contributed by atoms with Crippen molar-refractivity contribution in [3.05, 3.63) is 58.0 Å². The molecule has 7 heteroatoms. The van der Waals surface area contributed by atoms with Gasteiger partial charge in [0.25, 0.3) is 0 Å². The molecule has 0 aliphatic carbocycles. The third-order valence-electron chi connectivity index (χ3n) is 4.56. The zero-order valence-electron chi connectivity index (χ0n) is 15.2. The summed E-state index contributed by atoms with van der Waals surface area (Å²) in [6.45, 7) is 5.30. The van der Waals surface area contributed by atoms with Gasteiger partial charge in [-0.2, -0.15) is 4.98 Å². The lowest BCUT2D eigenvalue weighted by molar-refractivity contribution is -0.134. The highest BCUT2D eigenvalue weighted by Crippen LogP contribution is 2.15. The fourth-order valence-corrected chi connectivity index (χ4v) is 3.20. The molecule has 26 heavy (non-hydrogen) atoms. The van der Waals surface area contributed by atoms with Crippen LogP contribution in [-0.2, 0) is 22.6 Å². The number of amides is 1. The number of rotatable bonds is 6. The van der Waals surface area contributed by atoms with E-state index in [1.165, 1.54) is 4.57 Å². The summed E-state index contributed by atoms with van der Waals surface area (Å²) in [7, 11) is 0. The van der Waals surface area contributed by atoms with Gasteiger partial charge in [0, 0.05) is 43.5 Å². The Morgan fingerprint density at radius 2 is 2.12 bits per heavy atom. The van der Waals surface area contributed by atoms with Gasteiger partial charge in [0.15, 0.2) is 0 Å². The van der Waals surface area contributed by atoms with Crippen LogP contribution in [0.5, 0.6) is 0 Å². The monoisotopic (exact) mass is 356 g/mol. The molecule has 0 aromatic carbocycles. The van der Waals surface area contributed by atoms with E-state index < -0.39 is 5.69 Å². The molecule has 1 aliphatic heterocycles. The zero-order valence-corrected chi connectivity index (χ0v) is 15.2. The number of ether oxygens (including phenoxy) is 1. The van der Waals surface area contributed by atoms with Crippen molar-refractivity contribution in [1.29, 1.82) is 0 Å². The Labute approximate surface area is 152 Å². The summed E-state index contributed by atoms with van der Waals surface area (Å²) in [6, 6.07) is 5.59. The molecule has 0 saturated carbocycles. The molecule has 0 radical (unpaired) electrons. The maximum atomic E-state index is 13.0. The average molecular weight is 356 g/mol. The third-order valence-corrected chi connectivity index (χ3v) is 4.56. The number of carbonyl (C=O) groups is 1. The summed E-state index contributed by atoms with van der Waals surface area (Å²) < 4.78 is 7.12. The minimum atomic E-state index is -0.392. The Hall–Kier alpha value is -2.54. The van der Waals surface area contributed by atoms with Gasteiger partial charge in [-0.3, -0.25) is 14.3 Å². The molecule has 3 rings (SSSR count). The molecule has 7 nitrogen and oxygen atoms in total. The number of pyridine rings is 1. The molecule has 1 amide bonds. The van der Waals surface area contributed by atoms with Crippen molar-refractivity contribution >= 4 is 5.91 Å². The summed E-state index contributed by atoms with van der Waals surface area (Å²) in [5.41, 5.74) is 2.00. The smallest absolute Gasteiger partial charge is 0.348 e. The highest BCUT2D eigenvalue weighted by atomic mass is 16.5. The molecule has 0 bridgehead atoms. The number of nitrogens with zero attached hydrogens (tertiary/aromatic N) is 4. The zero-order chi connectivity index (χ0) is 18.5. The SMILES string of the molecule is Cc1cc(C)n(CC(=O)N(Cc2ccncc2)C[C@@H]2CCCO2)c(=O)n1. The van der Waals surface area contributed by atoms with E-state index >= 15 is 0 Å². The van der Waals surface area contributed by atoms with E-state index in [0.29, 0.717) is 18.8 Å². The van der Waals surface area contributed by atoms with Gasteiger partial charge < -0.3 is 9.64 Å². The lowest BCUT2D eigenvalue weighted by Gasteiger charge is -2.26. The summed E-state index contributed by atoms with van der Waals surface area (Å²) in [5, 5.41) is 0. The van der Waals surface area contributed by atoms with Gasteiger partial charge >= 0.3 is 5.69 Å². The first kappa shape index (κ1) is 18.3. The van der Waals surface area contributed by atoms with E-state index in [1.54, 1.807) is 24.2 Å². The van der Waals surface area contributed by atoms with Gasteiger partial charge in [-0.15, -0.1) is 0 Å². The maximum absolute atomic E-state index is 13.0. The summed E-state index contributed by atoms with van der Waals surface area (Å²) in [6.07, 6.45) is 5.44. The fourth-order valence-electron chi connectivity index (χ4n) is 3.20. The molecule has 0 spiro atoms. The Balaban J connectivity index is 1.78. The molecular weight excluding hydrogens is 332 g/mol. The number of hydrogen-bond acceptors (Lipinski definition) is 5. The van der Waals surface area contributed by atoms with Crippen molar-refractivity contribution in [2.45, 2.75) is 45.9 Å². The second-order valence-electron chi connectivity index (χ2n) is 6.67. The molecule has 0 N–H and O–H groups in total. The van der Waals surface area contributed by atoms with Crippen LogP contribution in [0, 0.1) is 13.8 Å². The van der Waals surface area contributed by atoms with Gasteiger partial charge in [0.05, 0.1) is 6.10 Å². The minimum absolute atomic E-state index is 0.0181. The number of aromatic nitrogens is 3. The topological polar surface area (TPSA) is 77.3 Å². The van der Waals surface area contributed by atoms with Crippen molar-refractivity contribution in [3.63, 3.8) is 0 Å². The van der Waals surface area contributed by atoms with Gasteiger partial charge in [-0.25, -0.2) is 4.79 Å². The first-order valence-electron chi connectivity index (χ1n) is 8.86. The van der Waals surface area contributed by atoms with Crippen LogP contribution in [0.2, 0.25) is 0 Å². The van der Waals surface area contributed by atoms with Crippen LogP contribution < -0.4 is 5.69 Å².